The number of aromatic nitrogens is 3. The summed E-state index contributed by atoms with van der Waals surface area (Å²) in [5.41, 5.74) is 2.22. The predicted molar refractivity (Wildman–Crippen MR) is 109 cm³/mol. The smallest absolute Gasteiger partial charge is 0.269 e. The Morgan fingerprint density at radius 2 is 1.93 bits per heavy atom. The number of Topliss-reactive ketones (excluding diaryl/α,β-unsaturated/α-hetero) is 1. The number of nitro benzene ring substituents is 1. The Labute approximate surface area is 170 Å². The van der Waals surface area contributed by atoms with Gasteiger partial charge in [0.1, 0.15) is 0 Å². The highest BCUT2D eigenvalue weighted by molar-refractivity contribution is 7.99. The van der Waals surface area contributed by atoms with Crippen LogP contribution in [0.15, 0.2) is 47.6 Å². The summed E-state index contributed by atoms with van der Waals surface area (Å²) in [7, 11) is 0. The Morgan fingerprint density at radius 1 is 1.21 bits per heavy atom. The molecule has 0 aliphatic heterocycles. The topological polar surface area (TPSA) is 90.9 Å². The Balaban J connectivity index is 1.75. The monoisotopic (exact) mass is 416 g/mol. The molecule has 3 rings (SSSR count). The van der Waals surface area contributed by atoms with Crippen LogP contribution in [0.5, 0.6) is 0 Å². The third kappa shape index (κ3) is 4.23. The molecule has 0 atom stereocenters. The van der Waals surface area contributed by atoms with E-state index in [2.05, 4.69) is 10.2 Å². The van der Waals surface area contributed by atoms with Gasteiger partial charge in [0, 0.05) is 34.8 Å². The van der Waals surface area contributed by atoms with Gasteiger partial charge in [0.05, 0.1) is 10.7 Å². The first-order valence-electron chi connectivity index (χ1n) is 8.51. The molecule has 0 amide bonds. The van der Waals surface area contributed by atoms with Gasteiger partial charge in [0.15, 0.2) is 16.8 Å². The summed E-state index contributed by atoms with van der Waals surface area (Å²) in [4.78, 5) is 22.6. The molecule has 0 saturated carbocycles. The minimum atomic E-state index is -0.494. The van der Waals surface area contributed by atoms with E-state index in [4.69, 9.17) is 11.6 Å². The number of non-ortho nitro benzene ring substituents is 1. The van der Waals surface area contributed by atoms with Crippen molar-refractivity contribution in [2.45, 2.75) is 25.5 Å². The fourth-order valence-corrected chi connectivity index (χ4v) is 3.69. The predicted octanol–water partition coefficient (Wildman–Crippen LogP) is 4.81. The first-order chi connectivity index (χ1) is 13.4. The van der Waals surface area contributed by atoms with E-state index in [0.29, 0.717) is 28.1 Å². The zero-order valence-electron chi connectivity index (χ0n) is 15.3. The number of thioether (sulfide) groups is 1. The molecule has 0 bridgehead atoms. The van der Waals surface area contributed by atoms with Crippen molar-refractivity contribution in [2.24, 2.45) is 0 Å². The molecule has 0 spiro atoms. The number of hydrogen-bond donors (Lipinski definition) is 0. The average Bonchev–Trinajstić information content (AvgIpc) is 3.11. The number of ketones is 1. The number of nitro groups is 1. The molecule has 0 unspecified atom stereocenters. The van der Waals surface area contributed by atoms with Crippen LogP contribution in [0.4, 0.5) is 5.69 Å². The summed E-state index contributed by atoms with van der Waals surface area (Å²) < 4.78 is 1.93. The minimum Gasteiger partial charge on any atom is -0.302 e. The Bertz CT molecular complexity index is 1030. The lowest BCUT2D eigenvalue weighted by Crippen LogP contribution is -2.05. The van der Waals surface area contributed by atoms with Crippen LogP contribution in [0.1, 0.15) is 22.8 Å². The molecule has 0 N–H and O–H groups in total. The number of rotatable bonds is 7. The van der Waals surface area contributed by atoms with Crippen LogP contribution in [0.25, 0.3) is 11.4 Å². The lowest BCUT2D eigenvalue weighted by molar-refractivity contribution is -0.384. The molecule has 3 aromatic rings. The van der Waals surface area contributed by atoms with Gasteiger partial charge >= 0.3 is 0 Å². The number of nitrogens with zero attached hydrogens (tertiary/aromatic N) is 4. The standard InChI is InChI=1S/C19H17ClN4O3S/c1-3-23-18(14-5-4-12(2)16(20)10-14)21-22-19(23)28-11-17(25)13-6-8-15(9-7-13)24(26)27/h4-10H,3,11H2,1-2H3. The van der Waals surface area contributed by atoms with Gasteiger partial charge in [-0.05, 0) is 37.6 Å². The maximum Gasteiger partial charge on any atom is 0.269 e. The Kier molecular flexibility index (Phi) is 6.11. The van der Waals surface area contributed by atoms with E-state index in [1.165, 1.54) is 36.0 Å². The number of hydrogen-bond acceptors (Lipinski definition) is 6. The van der Waals surface area contributed by atoms with E-state index < -0.39 is 4.92 Å². The minimum absolute atomic E-state index is 0.0451. The Hall–Kier alpha value is -2.71. The SMILES string of the molecule is CCn1c(SCC(=O)c2ccc([N+](=O)[O-])cc2)nnc1-c1ccc(C)c(Cl)c1. The average molecular weight is 417 g/mol. The highest BCUT2D eigenvalue weighted by atomic mass is 35.5. The zero-order valence-corrected chi connectivity index (χ0v) is 16.8. The van der Waals surface area contributed by atoms with E-state index in [0.717, 1.165) is 11.1 Å². The van der Waals surface area contributed by atoms with E-state index in [9.17, 15) is 14.9 Å². The molecular weight excluding hydrogens is 400 g/mol. The lowest BCUT2D eigenvalue weighted by atomic mass is 10.1. The molecule has 0 radical (unpaired) electrons. The fraction of sp³-hybridized carbons (Fsp3) is 0.211. The second-order valence-electron chi connectivity index (χ2n) is 6.03. The third-order valence-corrected chi connectivity index (χ3v) is 5.57. The fourth-order valence-electron chi connectivity index (χ4n) is 2.61. The van der Waals surface area contributed by atoms with E-state index in [1.54, 1.807) is 0 Å². The second-order valence-corrected chi connectivity index (χ2v) is 7.38. The van der Waals surface area contributed by atoms with Gasteiger partial charge in [-0.1, -0.05) is 35.5 Å². The van der Waals surface area contributed by atoms with Crippen molar-refractivity contribution in [3.63, 3.8) is 0 Å². The van der Waals surface area contributed by atoms with Gasteiger partial charge in [0.25, 0.3) is 5.69 Å². The highest BCUT2D eigenvalue weighted by Gasteiger charge is 2.16. The number of carbonyl (C=O) groups is 1. The van der Waals surface area contributed by atoms with Crippen LogP contribution in [-0.4, -0.2) is 31.2 Å². The number of carbonyl (C=O) groups excluding carboxylic acids is 1. The number of halogens is 1. The van der Waals surface area contributed by atoms with Crippen LogP contribution in [-0.2, 0) is 6.54 Å². The van der Waals surface area contributed by atoms with Crippen molar-refractivity contribution in [2.75, 3.05) is 5.75 Å². The van der Waals surface area contributed by atoms with Gasteiger partial charge < -0.3 is 4.57 Å². The molecule has 2 aromatic carbocycles. The summed E-state index contributed by atoms with van der Waals surface area (Å²) in [6.45, 7) is 4.55. The first-order valence-corrected chi connectivity index (χ1v) is 9.87. The van der Waals surface area contributed by atoms with E-state index in [1.807, 2.05) is 36.6 Å². The molecule has 0 aliphatic carbocycles. The molecule has 28 heavy (non-hydrogen) atoms. The van der Waals surface area contributed by atoms with Crippen molar-refractivity contribution < 1.29 is 9.72 Å². The van der Waals surface area contributed by atoms with Crippen LogP contribution in [0.2, 0.25) is 5.02 Å². The summed E-state index contributed by atoms with van der Waals surface area (Å²) in [5.74, 6) is 0.713. The van der Waals surface area contributed by atoms with Crippen molar-refractivity contribution in [1.29, 1.82) is 0 Å². The van der Waals surface area contributed by atoms with Crippen LogP contribution in [0, 0.1) is 17.0 Å². The molecule has 7 nitrogen and oxygen atoms in total. The molecule has 1 aromatic heterocycles. The Morgan fingerprint density at radius 3 is 2.54 bits per heavy atom. The van der Waals surface area contributed by atoms with Gasteiger partial charge in [-0.2, -0.15) is 0 Å². The lowest BCUT2D eigenvalue weighted by Gasteiger charge is -2.08. The van der Waals surface area contributed by atoms with Gasteiger partial charge in [-0.3, -0.25) is 14.9 Å². The molecule has 9 heteroatoms. The largest absolute Gasteiger partial charge is 0.302 e. The molecule has 0 aliphatic rings. The molecule has 0 fully saturated rings. The second kappa shape index (κ2) is 8.53. The quantitative estimate of drug-likeness (QED) is 0.237. The van der Waals surface area contributed by atoms with Gasteiger partial charge in [-0.15, -0.1) is 10.2 Å². The maximum atomic E-state index is 12.4. The third-order valence-electron chi connectivity index (χ3n) is 4.20. The molecular formula is C19H17ClN4O3S. The summed E-state index contributed by atoms with van der Waals surface area (Å²) in [5, 5.41) is 20.5. The summed E-state index contributed by atoms with van der Waals surface area (Å²) >= 11 is 7.50. The van der Waals surface area contributed by atoms with Crippen LogP contribution >= 0.6 is 23.4 Å². The van der Waals surface area contributed by atoms with Crippen LogP contribution < -0.4 is 0 Å². The van der Waals surface area contributed by atoms with Gasteiger partial charge in [0.2, 0.25) is 0 Å². The molecule has 0 saturated heterocycles. The first kappa shape index (κ1) is 20.0. The van der Waals surface area contributed by atoms with Crippen LogP contribution in [0.3, 0.4) is 0 Å². The van der Waals surface area contributed by atoms with Crippen molar-refractivity contribution in [3.8, 4) is 11.4 Å². The van der Waals surface area contributed by atoms with Crippen molar-refractivity contribution in [1.82, 2.24) is 14.8 Å². The van der Waals surface area contributed by atoms with Crippen molar-refractivity contribution >= 4 is 34.8 Å². The highest BCUT2D eigenvalue weighted by Crippen LogP contribution is 2.27. The van der Waals surface area contributed by atoms with E-state index in [-0.39, 0.29) is 17.2 Å². The number of aryl methyl sites for hydroxylation is 1. The number of benzene rings is 2. The summed E-state index contributed by atoms with van der Waals surface area (Å²) in [6, 6.07) is 11.3. The van der Waals surface area contributed by atoms with Gasteiger partial charge in [-0.25, -0.2) is 0 Å². The van der Waals surface area contributed by atoms with Crippen molar-refractivity contribution in [3.05, 3.63) is 68.7 Å². The zero-order chi connectivity index (χ0) is 20.3. The molecule has 1 heterocycles. The maximum absolute atomic E-state index is 12.4. The van der Waals surface area contributed by atoms with E-state index >= 15 is 0 Å². The molecule has 144 valence electrons. The normalized spacial score (nSPS) is 10.8. The summed E-state index contributed by atoms with van der Waals surface area (Å²) in [6.07, 6.45) is 0.